The maximum absolute atomic E-state index is 12.2. The third-order valence-corrected chi connectivity index (χ3v) is 5.31. The molecule has 2 aliphatic rings. The molecular formula is C20H16Cl2N2O. The van der Waals surface area contributed by atoms with E-state index in [1.165, 1.54) is 0 Å². The van der Waals surface area contributed by atoms with Gasteiger partial charge in [-0.1, -0.05) is 59.6 Å². The lowest BCUT2D eigenvalue weighted by Crippen LogP contribution is -2.43. The summed E-state index contributed by atoms with van der Waals surface area (Å²) in [4.78, 5) is 12.2. The zero-order valence-electron chi connectivity index (χ0n) is 13.4. The van der Waals surface area contributed by atoms with Crippen LogP contribution in [0.25, 0.3) is 6.08 Å². The Labute approximate surface area is 156 Å². The lowest BCUT2D eigenvalue weighted by atomic mass is 9.96. The van der Waals surface area contributed by atoms with E-state index < -0.39 is 0 Å². The van der Waals surface area contributed by atoms with Gasteiger partial charge in [0.15, 0.2) is 0 Å². The van der Waals surface area contributed by atoms with Gasteiger partial charge in [-0.15, -0.1) is 0 Å². The van der Waals surface area contributed by atoms with Gasteiger partial charge in [-0.3, -0.25) is 0 Å². The number of halogens is 2. The molecule has 0 fully saturated rings. The monoisotopic (exact) mass is 370 g/mol. The fraction of sp³-hybridized carbons (Fsp3) is 0.150. The van der Waals surface area contributed by atoms with E-state index in [-0.39, 0.29) is 12.1 Å². The molecule has 0 aromatic heterocycles. The fourth-order valence-corrected chi connectivity index (χ4v) is 3.88. The van der Waals surface area contributed by atoms with E-state index >= 15 is 0 Å². The predicted octanol–water partition coefficient (Wildman–Crippen LogP) is 5.48. The quantitative estimate of drug-likeness (QED) is 0.721. The minimum atomic E-state index is -0.212. The molecule has 3 nitrogen and oxygen atoms in total. The first kappa shape index (κ1) is 16.2. The number of urea groups is 1. The Morgan fingerprint density at radius 3 is 2.44 bits per heavy atom. The van der Waals surface area contributed by atoms with Crippen molar-refractivity contribution >= 4 is 35.3 Å². The van der Waals surface area contributed by atoms with Gasteiger partial charge in [-0.05, 0) is 53.3 Å². The molecule has 2 aromatic carbocycles. The van der Waals surface area contributed by atoms with E-state index in [4.69, 9.17) is 23.2 Å². The highest BCUT2D eigenvalue weighted by Gasteiger charge is 2.34. The van der Waals surface area contributed by atoms with Gasteiger partial charge < -0.3 is 10.6 Å². The van der Waals surface area contributed by atoms with Crippen molar-refractivity contribution in [1.29, 1.82) is 0 Å². The highest BCUT2D eigenvalue weighted by atomic mass is 35.5. The van der Waals surface area contributed by atoms with Crippen molar-refractivity contribution in [3.8, 4) is 0 Å². The van der Waals surface area contributed by atoms with E-state index in [1.807, 2.05) is 48.5 Å². The Kier molecular flexibility index (Phi) is 4.28. The molecule has 0 spiro atoms. The maximum atomic E-state index is 12.2. The molecule has 1 aliphatic heterocycles. The molecule has 0 radical (unpaired) electrons. The topological polar surface area (TPSA) is 41.1 Å². The largest absolute Gasteiger partial charge is 0.327 e. The van der Waals surface area contributed by atoms with Crippen molar-refractivity contribution in [1.82, 2.24) is 10.6 Å². The number of allylic oxidation sites excluding steroid dienone is 1. The summed E-state index contributed by atoms with van der Waals surface area (Å²) in [5.41, 5.74) is 5.02. The SMILES string of the molecule is O=C1NC2=C(CC/C2=C\c2ccccc2Cl)C(c2ccccc2Cl)N1. The molecule has 2 aromatic rings. The summed E-state index contributed by atoms with van der Waals surface area (Å²) in [6.45, 7) is 0. The normalized spacial score (nSPS) is 21.1. The smallest absolute Gasteiger partial charge is 0.319 e. The van der Waals surface area contributed by atoms with Crippen LogP contribution in [0, 0.1) is 0 Å². The van der Waals surface area contributed by atoms with Crippen LogP contribution in [-0.4, -0.2) is 6.03 Å². The second-order valence-electron chi connectivity index (χ2n) is 6.14. The molecule has 126 valence electrons. The van der Waals surface area contributed by atoms with Gasteiger partial charge in [0.2, 0.25) is 0 Å². The molecular weight excluding hydrogens is 355 g/mol. The average Bonchev–Trinajstić information content (AvgIpc) is 2.99. The van der Waals surface area contributed by atoms with Crippen LogP contribution in [0.4, 0.5) is 4.79 Å². The van der Waals surface area contributed by atoms with Crippen molar-refractivity contribution in [3.63, 3.8) is 0 Å². The Morgan fingerprint density at radius 1 is 0.960 bits per heavy atom. The Morgan fingerprint density at radius 2 is 1.68 bits per heavy atom. The van der Waals surface area contributed by atoms with E-state index in [9.17, 15) is 4.79 Å². The molecule has 1 aliphatic carbocycles. The summed E-state index contributed by atoms with van der Waals surface area (Å²) in [5, 5.41) is 7.32. The second-order valence-corrected chi connectivity index (χ2v) is 6.96. The minimum Gasteiger partial charge on any atom is -0.327 e. The van der Waals surface area contributed by atoms with Crippen molar-refractivity contribution < 1.29 is 4.79 Å². The molecule has 1 unspecified atom stereocenters. The number of hydrogen-bond acceptors (Lipinski definition) is 1. The van der Waals surface area contributed by atoms with E-state index in [0.717, 1.165) is 40.8 Å². The standard InChI is InChI=1S/C20H16Cl2N2O/c21-16-7-3-1-5-12(16)11-13-9-10-15-18(13)23-20(25)24-19(15)14-6-2-4-8-17(14)22/h1-8,11,19H,9-10H2,(H2,23,24,25)/b13-11+. The number of carbonyl (C=O) groups excluding carboxylic acids is 1. The maximum Gasteiger partial charge on any atom is 0.319 e. The van der Waals surface area contributed by atoms with Crippen LogP contribution in [0.15, 0.2) is 65.4 Å². The molecule has 0 bridgehead atoms. The highest BCUT2D eigenvalue weighted by Crippen LogP contribution is 2.42. The molecule has 0 saturated heterocycles. The van der Waals surface area contributed by atoms with E-state index in [0.29, 0.717) is 10.0 Å². The van der Waals surface area contributed by atoms with Gasteiger partial charge in [-0.25, -0.2) is 4.79 Å². The Bertz CT molecular complexity index is 917. The lowest BCUT2D eigenvalue weighted by Gasteiger charge is -2.28. The molecule has 0 saturated carbocycles. The van der Waals surface area contributed by atoms with E-state index in [1.54, 1.807) is 0 Å². The Hall–Kier alpha value is -2.23. The summed E-state index contributed by atoms with van der Waals surface area (Å²) in [6.07, 6.45) is 3.79. The molecule has 25 heavy (non-hydrogen) atoms. The Balaban J connectivity index is 1.77. The van der Waals surface area contributed by atoms with Crippen LogP contribution < -0.4 is 10.6 Å². The number of nitrogens with one attached hydrogen (secondary N) is 2. The van der Waals surface area contributed by atoms with Crippen LogP contribution in [-0.2, 0) is 0 Å². The summed E-state index contributed by atoms with van der Waals surface area (Å²) < 4.78 is 0. The van der Waals surface area contributed by atoms with Crippen LogP contribution in [0.3, 0.4) is 0 Å². The number of benzene rings is 2. The van der Waals surface area contributed by atoms with Gasteiger partial charge >= 0.3 is 6.03 Å². The zero-order valence-corrected chi connectivity index (χ0v) is 14.9. The van der Waals surface area contributed by atoms with Gasteiger partial charge in [-0.2, -0.15) is 0 Å². The van der Waals surface area contributed by atoms with Gasteiger partial charge in [0.05, 0.1) is 6.04 Å². The summed E-state index contributed by atoms with van der Waals surface area (Å²) in [6, 6.07) is 14.9. The van der Waals surface area contributed by atoms with Crippen molar-refractivity contribution in [3.05, 3.63) is 86.5 Å². The number of amides is 2. The average molecular weight is 371 g/mol. The van der Waals surface area contributed by atoms with Crippen LogP contribution in [0.5, 0.6) is 0 Å². The van der Waals surface area contributed by atoms with Crippen molar-refractivity contribution in [2.45, 2.75) is 18.9 Å². The van der Waals surface area contributed by atoms with Crippen LogP contribution >= 0.6 is 23.2 Å². The predicted molar refractivity (Wildman–Crippen MR) is 102 cm³/mol. The summed E-state index contributed by atoms with van der Waals surface area (Å²) in [7, 11) is 0. The first-order chi connectivity index (χ1) is 12.1. The molecule has 1 atom stereocenters. The third-order valence-electron chi connectivity index (χ3n) is 4.62. The second kappa shape index (κ2) is 6.58. The fourth-order valence-electron chi connectivity index (χ4n) is 3.44. The van der Waals surface area contributed by atoms with Gasteiger partial charge in [0.25, 0.3) is 0 Å². The molecule has 2 N–H and O–H groups in total. The number of rotatable bonds is 2. The minimum absolute atomic E-state index is 0.199. The molecule has 1 heterocycles. The number of carbonyl (C=O) groups is 1. The molecule has 2 amide bonds. The first-order valence-corrected chi connectivity index (χ1v) is 8.89. The first-order valence-electron chi connectivity index (χ1n) is 8.14. The van der Waals surface area contributed by atoms with Crippen LogP contribution in [0.2, 0.25) is 10.0 Å². The summed E-state index contributed by atoms with van der Waals surface area (Å²) >= 11 is 12.6. The van der Waals surface area contributed by atoms with E-state index in [2.05, 4.69) is 16.7 Å². The van der Waals surface area contributed by atoms with Crippen molar-refractivity contribution in [2.75, 3.05) is 0 Å². The van der Waals surface area contributed by atoms with Gasteiger partial charge in [0, 0.05) is 15.7 Å². The van der Waals surface area contributed by atoms with Crippen molar-refractivity contribution in [2.24, 2.45) is 0 Å². The highest BCUT2D eigenvalue weighted by molar-refractivity contribution is 6.32. The lowest BCUT2D eigenvalue weighted by molar-refractivity contribution is 0.239. The van der Waals surface area contributed by atoms with Gasteiger partial charge in [0.1, 0.15) is 0 Å². The third kappa shape index (κ3) is 3.06. The molecule has 5 heteroatoms. The molecule has 4 rings (SSSR count). The number of hydrogen-bond donors (Lipinski definition) is 2. The zero-order chi connectivity index (χ0) is 17.4. The van der Waals surface area contributed by atoms with Crippen LogP contribution in [0.1, 0.15) is 30.0 Å². The summed E-state index contributed by atoms with van der Waals surface area (Å²) in [5.74, 6) is 0.